The zero-order valence-electron chi connectivity index (χ0n) is 16.3. The maximum Gasteiger partial charge on any atom is -0.0771 e. The normalized spacial score (nSPS) is 9.44. The Morgan fingerprint density at radius 1 is 0.815 bits per heavy atom. The van der Waals surface area contributed by atoms with Crippen LogP contribution < -0.4 is 9.41 Å². The Labute approximate surface area is 176 Å². The molecule has 142 valence electrons. The van der Waals surface area contributed by atoms with E-state index in [2.05, 4.69) is 107 Å². The fourth-order valence-electron chi connectivity index (χ4n) is 2.68. The van der Waals surface area contributed by atoms with Crippen LogP contribution in [-0.2, 0) is 24.2 Å². The van der Waals surface area contributed by atoms with Crippen molar-refractivity contribution in [2.45, 2.75) is 33.6 Å². The number of hydrogen-bond acceptors (Lipinski definition) is 0. The summed E-state index contributed by atoms with van der Waals surface area (Å²) >= 11 is 1.55. The molecule has 0 nitrogen and oxygen atoms in total. The SMILES string of the molecule is CC(C)c1cc[cH-]c1.C[C](C)=[Zr+2].[F-].[F-].c1ccc2c(c1)[cH-]c1ccccc12. The molecular formula is C24H26F2Zr-2. The van der Waals surface area contributed by atoms with E-state index in [1.807, 2.05) is 0 Å². The monoisotopic (exact) mass is 442 g/mol. The minimum absolute atomic E-state index is 0. The van der Waals surface area contributed by atoms with Crippen molar-refractivity contribution in [3.8, 4) is 0 Å². The molecule has 0 bridgehead atoms. The van der Waals surface area contributed by atoms with Crippen LogP contribution in [0, 0.1) is 0 Å². The number of rotatable bonds is 1. The molecule has 3 heteroatoms. The molecule has 0 unspecified atom stereocenters. The first-order chi connectivity index (χ1) is 12.0. The predicted octanol–water partition coefficient (Wildman–Crippen LogP) is 0.994. The first-order valence-corrected chi connectivity index (χ1v) is 9.98. The van der Waals surface area contributed by atoms with Gasteiger partial charge in [-0.2, -0.15) is 23.8 Å². The van der Waals surface area contributed by atoms with Crippen LogP contribution in [0.2, 0.25) is 0 Å². The van der Waals surface area contributed by atoms with E-state index in [1.165, 1.54) is 30.3 Å². The largest absolute Gasteiger partial charge is 1.00 e. The summed E-state index contributed by atoms with van der Waals surface area (Å²) in [7, 11) is 0. The average molecular weight is 444 g/mol. The fraction of sp³-hybridized carbons (Fsp3) is 0.208. The average Bonchev–Trinajstić information content (AvgIpc) is 3.23. The molecule has 4 aromatic carbocycles. The van der Waals surface area contributed by atoms with Crippen molar-refractivity contribution in [3.05, 3.63) is 84.4 Å². The van der Waals surface area contributed by atoms with Crippen LogP contribution in [0.4, 0.5) is 0 Å². The molecule has 0 heterocycles. The zero-order valence-corrected chi connectivity index (χ0v) is 18.8. The number of fused-ring (bicyclic) bond motifs is 3. The van der Waals surface area contributed by atoms with Gasteiger partial charge in [0.15, 0.2) is 0 Å². The van der Waals surface area contributed by atoms with E-state index in [1.54, 1.807) is 24.2 Å². The van der Waals surface area contributed by atoms with Crippen molar-refractivity contribution >= 4 is 24.8 Å². The number of halogens is 2. The smallest absolute Gasteiger partial charge is 0.0771 e. The van der Waals surface area contributed by atoms with Gasteiger partial charge in [0, 0.05) is 0 Å². The third kappa shape index (κ3) is 7.81. The molecule has 0 atom stereocenters. The molecular weight excluding hydrogens is 417 g/mol. The Bertz CT molecular complexity index is 864. The van der Waals surface area contributed by atoms with Crippen molar-refractivity contribution in [1.29, 1.82) is 0 Å². The van der Waals surface area contributed by atoms with Gasteiger partial charge in [0.25, 0.3) is 0 Å². The molecule has 0 N–H and O–H groups in total. The van der Waals surface area contributed by atoms with E-state index < -0.39 is 0 Å². The van der Waals surface area contributed by atoms with Crippen molar-refractivity contribution in [2.24, 2.45) is 0 Å². The number of benzene rings is 2. The molecule has 4 aromatic rings. The van der Waals surface area contributed by atoms with Gasteiger partial charge in [0.2, 0.25) is 0 Å². The molecule has 0 aliphatic carbocycles. The Balaban J connectivity index is 0.000000422. The Morgan fingerprint density at radius 3 is 1.59 bits per heavy atom. The molecule has 0 saturated heterocycles. The summed E-state index contributed by atoms with van der Waals surface area (Å²) in [5.74, 6) is 0.685. The van der Waals surface area contributed by atoms with Gasteiger partial charge in [-0.3, -0.25) is 0 Å². The first-order valence-electron chi connectivity index (χ1n) is 8.75. The van der Waals surface area contributed by atoms with Crippen LogP contribution in [0.25, 0.3) is 21.5 Å². The van der Waals surface area contributed by atoms with Crippen LogP contribution in [0.5, 0.6) is 0 Å². The van der Waals surface area contributed by atoms with Crippen molar-refractivity contribution < 1.29 is 33.6 Å². The summed E-state index contributed by atoms with van der Waals surface area (Å²) in [5, 5.41) is 5.39. The van der Waals surface area contributed by atoms with Crippen LogP contribution in [0.1, 0.15) is 39.2 Å². The van der Waals surface area contributed by atoms with E-state index in [9.17, 15) is 0 Å². The number of hydrogen-bond donors (Lipinski definition) is 0. The van der Waals surface area contributed by atoms with Gasteiger partial charge in [0.05, 0.1) is 0 Å². The molecule has 0 spiro atoms. The summed E-state index contributed by atoms with van der Waals surface area (Å²) in [6.45, 7) is 8.65. The molecule has 0 fully saturated rings. The summed E-state index contributed by atoms with van der Waals surface area (Å²) in [6.07, 6.45) is 0. The van der Waals surface area contributed by atoms with Crippen LogP contribution >= 0.6 is 0 Å². The van der Waals surface area contributed by atoms with E-state index in [4.69, 9.17) is 0 Å². The minimum Gasteiger partial charge on any atom is -1.00 e. The molecule has 0 aliphatic rings. The Morgan fingerprint density at radius 2 is 1.26 bits per heavy atom. The molecule has 0 aliphatic heterocycles. The van der Waals surface area contributed by atoms with Gasteiger partial charge in [-0.1, -0.05) is 56.2 Å². The van der Waals surface area contributed by atoms with Gasteiger partial charge in [-0.05, 0) is 0 Å². The molecule has 27 heavy (non-hydrogen) atoms. The van der Waals surface area contributed by atoms with Crippen LogP contribution in [0.3, 0.4) is 0 Å². The second-order valence-electron chi connectivity index (χ2n) is 6.69. The maximum absolute atomic E-state index is 2.24. The molecule has 0 aromatic heterocycles. The van der Waals surface area contributed by atoms with E-state index >= 15 is 0 Å². The third-order valence-corrected chi connectivity index (χ3v) is 3.88. The van der Waals surface area contributed by atoms with Crippen molar-refractivity contribution in [2.75, 3.05) is 0 Å². The Hall–Kier alpha value is -1.73. The van der Waals surface area contributed by atoms with Gasteiger partial charge in [-0.25, -0.2) is 6.07 Å². The quantitative estimate of drug-likeness (QED) is 0.385. The third-order valence-electron chi connectivity index (χ3n) is 3.88. The summed E-state index contributed by atoms with van der Waals surface area (Å²) in [6, 6.07) is 27.7. The van der Waals surface area contributed by atoms with Crippen LogP contribution in [-0.4, -0.2) is 3.21 Å². The van der Waals surface area contributed by atoms with E-state index in [0.717, 1.165) is 0 Å². The van der Waals surface area contributed by atoms with Crippen LogP contribution in [0.15, 0.2) is 78.9 Å². The predicted molar refractivity (Wildman–Crippen MR) is 110 cm³/mol. The van der Waals surface area contributed by atoms with E-state index in [-0.39, 0.29) is 9.41 Å². The zero-order chi connectivity index (χ0) is 18.2. The van der Waals surface area contributed by atoms with Gasteiger partial charge in [-0.15, -0.1) is 39.7 Å². The van der Waals surface area contributed by atoms with Gasteiger partial charge < -0.3 is 9.41 Å². The summed E-state index contributed by atoms with van der Waals surface area (Å²) in [5.41, 5.74) is 1.44. The fourth-order valence-corrected chi connectivity index (χ4v) is 2.68. The molecule has 0 saturated carbocycles. The van der Waals surface area contributed by atoms with Crippen molar-refractivity contribution in [3.63, 3.8) is 0 Å². The van der Waals surface area contributed by atoms with Gasteiger partial charge >= 0.3 is 41.3 Å². The maximum atomic E-state index is 2.24. The van der Waals surface area contributed by atoms with Crippen molar-refractivity contribution in [1.82, 2.24) is 0 Å². The second-order valence-corrected chi connectivity index (χ2v) is 9.15. The molecule has 0 amide bonds. The minimum atomic E-state index is 0. The summed E-state index contributed by atoms with van der Waals surface area (Å²) in [4.78, 5) is 0. The standard InChI is InChI=1S/C13H9.C8H11.C3H6.2FH.Zr/c1-3-7-12-10(5-1)9-11-6-2-4-8-13(11)12;1-7(2)8-5-3-4-6-8;1-3-2;;;/h1-9H;3-7H,1-2H3;1-2H3;2*1H;/q2*-1;;;;+2/p-2. The molecule has 0 radical (unpaired) electrons. The second kappa shape index (κ2) is 12.6. The first kappa shape index (κ1) is 25.3. The topological polar surface area (TPSA) is 0 Å². The van der Waals surface area contributed by atoms with Gasteiger partial charge in [0.1, 0.15) is 0 Å². The van der Waals surface area contributed by atoms with E-state index in [0.29, 0.717) is 5.92 Å². The summed E-state index contributed by atoms with van der Waals surface area (Å²) < 4.78 is 1.51. The molecule has 4 rings (SSSR count). The Kier molecular flexibility index (Phi) is 11.8.